The molecule has 0 saturated heterocycles. The lowest BCUT2D eigenvalue weighted by Crippen LogP contribution is -2.23. The van der Waals surface area contributed by atoms with E-state index < -0.39 is 5.60 Å². The highest BCUT2D eigenvalue weighted by Gasteiger charge is 2.12. The van der Waals surface area contributed by atoms with Gasteiger partial charge in [0.2, 0.25) is 0 Å². The average Bonchev–Trinajstić information content (AvgIpc) is 1.67. The Morgan fingerprint density at radius 1 is 1.62 bits per heavy atom. The molecule has 0 aliphatic carbocycles. The molecule has 0 aromatic heterocycles. The number of hydrogen-bond acceptors (Lipinski definition) is 3. The van der Waals surface area contributed by atoms with Gasteiger partial charge in [0.15, 0.2) is 0 Å². The lowest BCUT2D eigenvalue weighted by molar-refractivity contribution is -0.134. The standard InChI is InChI=1S/C5H8O2S/c1-5(2,3-8)7-4-6/h3-4H,1-2H3. The Balaban J connectivity index is 3.70. The van der Waals surface area contributed by atoms with Gasteiger partial charge in [0.1, 0.15) is 5.60 Å². The van der Waals surface area contributed by atoms with E-state index in [-0.39, 0.29) is 0 Å². The molecule has 0 saturated carbocycles. The van der Waals surface area contributed by atoms with Gasteiger partial charge in [-0.2, -0.15) is 0 Å². The first-order chi connectivity index (χ1) is 3.62. The summed E-state index contributed by atoms with van der Waals surface area (Å²) in [7, 11) is 0. The number of hydrogen-bond donors (Lipinski definition) is 0. The van der Waals surface area contributed by atoms with E-state index in [4.69, 9.17) is 0 Å². The lowest BCUT2D eigenvalue weighted by Gasteiger charge is -2.14. The Bertz CT molecular complexity index is 98.6. The van der Waals surface area contributed by atoms with Crippen molar-refractivity contribution >= 4 is 24.1 Å². The van der Waals surface area contributed by atoms with E-state index in [1.165, 1.54) is 5.37 Å². The number of carbonyl (C=O) groups is 1. The molecule has 0 radical (unpaired) electrons. The lowest BCUT2D eigenvalue weighted by atomic mass is 10.2. The van der Waals surface area contributed by atoms with Crippen LogP contribution in [0.1, 0.15) is 13.8 Å². The molecule has 0 fully saturated rings. The predicted molar refractivity (Wildman–Crippen MR) is 34.9 cm³/mol. The second kappa shape index (κ2) is 2.77. The van der Waals surface area contributed by atoms with Crippen molar-refractivity contribution in [2.45, 2.75) is 19.4 Å². The normalized spacial score (nSPS) is 10.2. The van der Waals surface area contributed by atoms with Crippen molar-refractivity contribution in [3.05, 3.63) is 0 Å². The second-order valence-corrected chi connectivity index (χ2v) is 2.17. The van der Waals surface area contributed by atoms with Crippen LogP contribution in [0.25, 0.3) is 0 Å². The Kier molecular flexibility index (Phi) is 2.62. The molecule has 0 atom stereocenters. The molecule has 0 rings (SSSR count). The zero-order chi connectivity index (χ0) is 6.62. The van der Waals surface area contributed by atoms with Crippen molar-refractivity contribution in [3.63, 3.8) is 0 Å². The second-order valence-electron chi connectivity index (χ2n) is 1.94. The van der Waals surface area contributed by atoms with Crippen LogP contribution in [0, 0.1) is 0 Å². The zero-order valence-electron chi connectivity index (χ0n) is 4.88. The Hall–Kier alpha value is -0.440. The first-order valence-electron chi connectivity index (χ1n) is 2.20. The molecular formula is C5H8O2S. The maximum absolute atomic E-state index is 9.69. The summed E-state index contributed by atoms with van der Waals surface area (Å²) in [6.45, 7) is 3.82. The Morgan fingerprint density at radius 2 is 2.12 bits per heavy atom. The topological polar surface area (TPSA) is 26.3 Å². The molecule has 0 aliphatic rings. The van der Waals surface area contributed by atoms with E-state index in [2.05, 4.69) is 17.0 Å². The summed E-state index contributed by atoms with van der Waals surface area (Å²) in [5.74, 6) is 0. The fourth-order valence-electron chi connectivity index (χ4n) is 0.152. The summed E-state index contributed by atoms with van der Waals surface area (Å²) in [5, 5.41) is 1.40. The van der Waals surface area contributed by atoms with Gasteiger partial charge in [0.25, 0.3) is 6.47 Å². The van der Waals surface area contributed by atoms with Crippen molar-refractivity contribution in [3.8, 4) is 0 Å². The Labute approximate surface area is 53.8 Å². The summed E-state index contributed by atoms with van der Waals surface area (Å²) in [6.07, 6.45) is 0. The van der Waals surface area contributed by atoms with Crippen LogP contribution in [0.15, 0.2) is 0 Å². The van der Waals surface area contributed by atoms with Gasteiger partial charge in [0, 0.05) is 5.37 Å². The number of thiocarbonyl (C=S) groups is 1. The summed E-state index contributed by atoms with van der Waals surface area (Å²) < 4.78 is 4.54. The maximum Gasteiger partial charge on any atom is 0.293 e. The van der Waals surface area contributed by atoms with Crippen molar-refractivity contribution in [2.75, 3.05) is 0 Å². The number of ether oxygens (including phenoxy) is 1. The minimum absolute atomic E-state index is 0.392. The SMILES string of the molecule is CC(C)(C=S)OC=O. The van der Waals surface area contributed by atoms with Crippen molar-refractivity contribution in [2.24, 2.45) is 0 Å². The smallest absolute Gasteiger partial charge is 0.293 e. The van der Waals surface area contributed by atoms with E-state index in [1.807, 2.05) is 0 Å². The number of rotatable bonds is 3. The van der Waals surface area contributed by atoms with Gasteiger partial charge in [0.05, 0.1) is 0 Å². The van der Waals surface area contributed by atoms with Crippen LogP contribution in [0.3, 0.4) is 0 Å². The van der Waals surface area contributed by atoms with E-state index in [0.29, 0.717) is 6.47 Å². The molecule has 46 valence electrons. The summed E-state index contributed by atoms with van der Waals surface area (Å²) >= 11 is 4.54. The highest BCUT2D eigenvalue weighted by atomic mass is 32.1. The van der Waals surface area contributed by atoms with Gasteiger partial charge in [-0.1, -0.05) is 12.2 Å². The van der Waals surface area contributed by atoms with Gasteiger partial charge in [-0.05, 0) is 13.8 Å². The van der Waals surface area contributed by atoms with E-state index >= 15 is 0 Å². The fourth-order valence-corrected chi connectivity index (χ4v) is 0.207. The summed E-state index contributed by atoms with van der Waals surface area (Å²) in [5.41, 5.74) is -0.586. The Morgan fingerprint density at radius 3 is 2.25 bits per heavy atom. The van der Waals surface area contributed by atoms with E-state index in [9.17, 15) is 4.79 Å². The van der Waals surface area contributed by atoms with Crippen LogP contribution in [-0.2, 0) is 9.53 Å². The average molecular weight is 132 g/mol. The summed E-state index contributed by atoms with van der Waals surface area (Å²) in [6, 6.07) is 0. The quantitative estimate of drug-likeness (QED) is 0.422. The third-order valence-electron chi connectivity index (χ3n) is 0.636. The molecule has 0 amide bonds. The largest absolute Gasteiger partial charge is 0.457 e. The van der Waals surface area contributed by atoms with Crippen LogP contribution in [-0.4, -0.2) is 17.4 Å². The molecule has 3 heteroatoms. The molecule has 0 bridgehead atoms. The highest BCUT2D eigenvalue weighted by Crippen LogP contribution is 2.02. The first-order valence-corrected chi connectivity index (χ1v) is 2.67. The van der Waals surface area contributed by atoms with Gasteiger partial charge in [-0.25, -0.2) is 0 Å². The minimum atomic E-state index is -0.586. The van der Waals surface area contributed by atoms with E-state index in [0.717, 1.165) is 0 Å². The molecule has 0 unspecified atom stereocenters. The fraction of sp³-hybridized carbons (Fsp3) is 0.600. The third kappa shape index (κ3) is 2.69. The maximum atomic E-state index is 9.69. The van der Waals surface area contributed by atoms with Crippen LogP contribution in [0.2, 0.25) is 0 Å². The molecule has 8 heavy (non-hydrogen) atoms. The van der Waals surface area contributed by atoms with Gasteiger partial charge >= 0.3 is 0 Å². The van der Waals surface area contributed by atoms with Gasteiger partial charge < -0.3 is 4.74 Å². The molecule has 0 aliphatic heterocycles. The highest BCUT2D eigenvalue weighted by molar-refractivity contribution is 7.79. The van der Waals surface area contributed by atoms with Gasteiger partial charge in [-0.15, -0.1) is 0 Å². The zero-order valence-corrected chi connectivity index (χ0v) is 5.70. The first kappa shape index (κ1) is 7.56. The molecule has 0 aromatic rings. The minimum Gasteiger partial charge on any atom is -0.457 e. The molecule has 0 N–H and O–H groups in total. The molecule has 0 spiro atoms. The molecule has 0 aromatic carbocycles. The van der Waals surface area contributed by atoms with Crippen LogP contribution >= 0.6 is 12.2 Å². The monoisotopic (exact) mass is 132 g/mol. The third-order valence-corrected chi connectivity index (χ3v) is 1.20. The van der Waals surface area contributed by atoms with Crippen LogP contribution < -0.4 is 0 Å². The van der Waals surface area contributed by atoms with Crippen LogP contribution in [0.4, 0.5) is 0 Å². The van der Waals surface area contributed by atoms with Gasteiger partial charge in [-0.3, -0.25) is 4.79 Å². The molecular weight excluding hydrogens is 124 g/mol. The van der Waals surface area contributed by atoms with Crippen molar-refractivity contribution < 1.29 is 9.53 Å². The molecule has 0 heterocycles. The number of carbonyl (C=O) groups excluding carboxylic acids is 1. The van der Waals surface area contributed by atoms with Crippen molar-refractivity contribution in [1.29, 1.82) is 0 Å². The predicted octanol–water partition coefficient (Wildman–Crippen LogP) is 0.938. The molecule has 2 nitrogen and oxygen atoms in total. The van der Waals surface area contributed by atoms with Crippen molar-refractivity contribution in [1.82, 2.24) is 0 Å². The van der Waals surface area contributed by atoms with E-state index in [1.54, 1.807) is 13.8 Å². The van der Waals surface area contributed by atoms with Crippen LogP contribution in [0.5, 0.6) is 0 Å². The summed E-state index contributed by atoms with van der Waals surface area (Å²) in [4.78, 5) is 9.69.